The molecule has 0 unspecified atom stereocenters. The number of nitrogens with one attached hydrogen (secondary N) is 3. The molecule has 2 amide bonds. The lowest BCUT2D eigenvalue weighted by atomic mass is 10.1. The van der Waals surface area contributed by atoms with Crippen molar-refractivity contribution in [2.24, 2.45) is 0 Å². The van der Waals surface area contributed by atoms with E-state index in [1.807, 2.05) is 30.3 Å². The van der Waals surface area contributed by atoms with Crippen LogP contribution in [0, 0.1) is 0 Å². The summed E-state index contributed by atoms with van der Waals surface area (Å²) in [5, 5.41) is 8.91. The van der Waals surface area contributed by atoms with Gasteiger partial charge in [-0.1, -0.05) is 60.1 Å². The van der Waals surface area contributed by atoms with Gasteiger partial charge in [0.1, 0.15) is 0 Å². The second-order valence-corrected chi connectivity index (χ2v) is 6.98. The fraction of sp³-hybridized carbons (Fsp3) is 0.0455. The molecular formula is C22H18ClN3O2S. The van der Waals surface area contributed by atoms with Crippen LogP contribution in [0.3, 0.4) is 0 Å². The average Bonchev–Trinajstić information content (AvgIpc) is 2.73. The number of hydrogen-bond donors (Lipinski definition) is 3. The third-order valence-corrected chi connectivity index (χ3v) is 4.47. The van der Waals surface area contributed by atoms with E-state index in [4.69, 9.17) is 23.8 Å². The van der Waals surface area contributed by atoms with Gasteiger partial charge in [-0.25, -0.2) is 0 Å². The first-order valence-corrected chi connectivity index (χ1v) is 9.60. The molecule has 0 aromatic heterocycles. The molecule has 3 aromatic carbocycles. The first kappa shape index (κ1) is 20.5. The third kappa shape index (κ3) is 5.88. The minimum absolute atomic E-state index is 0.0817. The summed E-state index contributed by atoms with van der Waals surface area (Å²) in [5.41, 5.74) is 2.29. The number of anilines is 1. The Labute approximate surface area is 179 Å². The molecule has 0 aliphatic rings. The lowest BCUT2D eigenvalue weighted by molar-refractivity contribution is 0.0950. The van der Waals surface area contributed by atoms with Gasteiger partial charge in [0, 0.05) is 17.1 Å². The lowest BCUT2D eigenvalue weighted by Gasteiger charge is -2.14. The number of carbonyl (C=O) groups is 2. The SMILES string of the molecule is O=C(NC(=S)Nc1ccccc1C(=O)NCc1ccccc1)c1cccc(Cl)c1. The molecule has 0 aliphatic carbocycles. The molecule has 0 spiro atoms. The van der Waals surface area contributed by atoms with Gasteiger partial charge in [0.15, 0.2) is 5.11 Å². The van der Waals surface area contributed by atoms with Crippen molar-refractivity contribution in [3.05, 3.63) is 101 Å². The van der Waals surface area contributed by atoms with E-state index in [-0.39, 0.29) is 11.0 Å². The molecule has 0 heterocycles. The molecule has 3 aromatic rings. The van der Waals surface area contributed by atoms with Crippen LogP contribution in [0.1, 0.15) is 26.3 Å². The Morgan fingerprint density at radius 3 is 2.34 bits per heavy atom. The number of hydrogen-bond acceptors (Lipinski definition) is 3. The zero-order valence-corrected chi connectivity index (χ0v) is 16.9. The Balaban J connectivity index is 1.64. The van der Waals surface area contributed by atoms with Gasteiger partial charge < -0.3 is 10.6 Å². The molecule has 3 N–H and O–H groups in total. The Morgan fingerprint density at radius 2 is 1.59 bits per heavy atom. The molecule has 7 heteroatoms. The first-order valence-electron chi connectivity index (χ1n) is 8.82. The predicted octanol–water partition coefficient (Wildman–Crippen LogP) is 4.40. The van der Waals surface area contributed by atoms with E-state index in [1.165, 1.54) is 0 Å². The minimum Gasteiger partial charge on any atom is -0.348 e. The largest absolute Gasteiger partial charge is 0.348 e. The molecule has 0 radical (unpaired) electrons. The van der Waals surface area contributed by atoms with E-state index in [1.54, 1.807) is 48.5 Å². The van der Waals surface area contributed by atoms with Crippen molar-refractivity contribution in [3.63, 3.8) is 0 Å². The van der Waals surface area contributed by atoms with Crippen LogP contribution in [-0.4, -0.2) is 16.9 Å². The molecule has 146 valence electrons. The predicted molar refractivity (Wildman–Crippen MR) is 119 cm³/mol. The van der Waals surface area contributed by atoms with E-state index in [9.17, 15) is 9.59 Å². The Bertz CT molecular complexity index is 1040. The molecule has 0 fully saturated rings. The normalized spacial score (nSPS) is 10.1. The maximum Gasteiger partial charge on any atom is 0.257 e. The summed E-state index contributed by atoms with van der Waals surface area (Å²) in [5.74, 6) is -0.642. The van der Waals surface area contributed by atoms with Crippen molar-refractivity contribution in [2.75, 3.05) is 5.32 Å². The topological polar surface area (TPSA) is 70.2 Å². The molecule has 29 heavy (non-hydrogen) atoms. The monoisotopic (exact) mass is 423 g/mol. The van der Waals surface area contributed by atoms with Crippen LogP contribution in [0.5, 0.6) is 0 Å². The van der Waals surface area contributed by atoms with Gasteiger partial charge in [-0.05, 0) is 48.1 Å². The number of para-hydroxylation sites is 1. The zero-order valence-electron chi connectivity index (χ0n) is 15.3. The van der Waals surface area contributed by atoms with Crippen LogP contribution < -0.4 is 16.0 Å². The number of carbonyl (C=O) groups excluding carboxylic acids is 2. The van der Waals surface area contributed by atoms with Crippen LogP contribution in [0.2, 0.25) is 5.02 Å². The molecule has 0 aliphatic heterocycles. The number of amides is 2. The summed E-state index contributed by atoms with van der Waals surface area (Å²) in [6.45, 7) is 0.407. The molecule has 0 bridgehead atoms. The fourth-order valence-electron chi connectivity index (χ4n) is 2.62. The average molecular weight is 424 g/mol. The summed E-state index contributed by atoms with van der Waals surface area (Å²) in [4.78, 5) is 24.9. The summed E-state index contributed by atoms with van der Waals surface area (Å²) >= 11 is 11.1. The summed E-state index contributed by atoms with van der Waals surface area (Å²) in [6.07, 6.45) is 0. The standard InChI is InChI=1S/C22H18ClN3O2S/c23-17-10-6-9-16(13-17)20(27)26-22(29)25-19-12-5-4-11-18(19)21(28)24-14-15-7-2-1-3-8-15/h1-13H,14H2,(H,24,28)(H2,25,26,27,29). The fourth-order valence-corrected chi connectivity index (χ4v) is 3.02. The van der Waals surface area contributed by atoms with Gasteiger partial charge in [-0.15, -0.1) is 0 Å². The first-order chi connectivity index (χ1) is 14.0. The van der Waals surface area contributed by atoms with Crippen molar-refractivity contribution >= 4 is 46.4 Å². The number of rotatable bonds is 5. The Hall–Kier alpha value is -3.22. The van der Waals surface area contributed by atoms with Crippen LogP contribution in [0.4, 0.5) is 5.69 Å². The van der Waals surface area contributed by atoms with E-state index < -0.39 is 5.91 Å². The smallest absolute Gasteiger partial charge is 0.257 e. The highest BCUT2D eigenvalue weighted by Crippen LogP contribution is 2.16. The van der Waals surface area contributed by atoms with E-state index in [0.29, 0.717) is 28.4 Å². The molecule has 3 rings (SSSR count). The minimum atomic E-state index is -0.393. The maximum atomic E-state index is 12.6. The van der Waals surface area contributed by atoms with Crippen molar-refractivity contribution in [1.29, 1.82) is 0 Å². The highest BCUT2D eigenvalue weighted by Gasteiger charge is 2.13. The molecule has 5 nitrogen and oxygen atoms in total. The van der Waals surface area contributed by atoms with E-state index in [2.05, 4.69) is 16.0 Å². The Morgan fingerprint density at radius 1 is 0.862 bits per heavy atom. The number of benzene rings is 3. The van der Waals surface area contributed by atoms with Gasteiger partial charge >= 0.3 is 0 Å². The van der Waals surface area contributed by atoms with E-state index >= 15 is 0 Å². The van der Waals surface area contributed by atoms with Gasteiger partial charge in [0.05, 0.1) is 11.3 Å². The molecule has 0 saturated heterocycles. The summed E-state index contributed by atoms with van der Waals surface area (Å²) < 4.78 is 0. The van der Waals surface area contributed by atoms with Crippen molar-refractivity contribution in [3.8, 4) is 0 Å². The zero-order chi connectivity index (χ0) is 20.6. The van der Waals surface area contributed by atoms with Gasteiger partial charge in [-0.3, -0.25) is 14.9 Å². The highest BCUT2D eigenvalue weighted by atomic mass is 35.5. The van der Waals surface area contributed by atoms with E-state index in [0.717, 1.165) is 5.56 Å². The number of halogens is 1. The third-order valence-electron chi connectivity index (χ3n) is 4.03. The van der Waals surface area contributed by atoms with Gasteiger partial charge in [0.25, 0.3) is 11.8 Å². The van der Waals surface area contributed by atoms with Gasteiger partial charge in [0.2, 0.25) is 0 Å². The van der Waals surface area contributed by atoms with Gasteiger partial charge in [-0.2, -0.15) is 0 Å². The van der Waals surface area contributed by atoms with Crippen molar-refractivity contribution in [2.45, 2.75) is 6.54 Å². The second-order valence-electron chi connectivity index (χ2n) is 6.13. The van der Waals surface area contributed by atoms with Crippen LogP contribution in [0.25, 0.3) is 0 Å². The van der Waals surface area contributed by atoms with Crippen molar-refractivity contribution in [1.82, 2.24) is 10.6 Å². The molecular weight excluding hydrogens is 406 g/mol. The van der Waals surface area contributed by atoms with Crippen molar-refractivity contribution < 1.29 is 9.59 Å². The Kier molecular flexibility index (Phi) is 6.94. The van der Waals surface area contributed by atoms with Crippen LogP contribution in [0.15, 0.2) is 78.9 Å². The summed E-state index contributed by atoms with van der Waals surface area (Å²) in [6, 6.07) is 23.1. The molecule has 0 atom stereocenters. The van der Waals surface area contributed by atoms with Crippen LogP contribution in [-0.2, 0) is 6.54 Å². The quantitative estimate of drug-likeness (QED) is 0.532. The highest BCUT2D eigenvalue weighted by molar-refractivity contribution is 7.80. The summed E-state index contributed by atoms with van der Waals surface area (Å²) in [7, 11) is 0. The lowest BCUT2D eigenvalue weighted by Crippen LogP contribution is -2.35. The van der Waals surface area contributed by atoms with Crippen LogP contribution >= 0.6 is 23.8 Å². The second kappa shape index (κ2) is 9.82. The maximum absolute atomic E-state index is 12.6. The number of thiocarbonyl (C=S) groups is 1. The molecule has 0 saturated carbocycles.